The molecule has 0 radical (unpaired) electrons. The Hall–Kier alpha value is -0.300. The van der Waals surface area contributed by atoms with E-state index in [0.717, 1.165) is 18.3 Å². The molecule has 1 N–H and O–H groups in total. The van der Waals surface area contributed by atoms with Crippen molar-refractivity contribution in [1.29, 1.82) is 0 Å². The molecule has 1 aliphatic rings. The van der Waals surface area contributed by atoms with Crippen molar-refractivity contribution in [2.45, 2.75) is 47.0 Å². The molecule has 1 rings (SSSR count). The highest BCUT2D eigenvalue weighted by atomic mass is 16.3. The molecule has 0 aromatic rings. The van der Waals surface area contributed by atoms with Gasteiger partial charge in [-0.05, 0) is 43.9 Å². The minimum atomic E-state index is 0.321. The Morgan fingerprint density at radius 1 is 1.36 bits per heavy atom. The maximum atomic E-state index is 9.08. The molecule has 0 aromatic carbocycles. The zero-order valence-corrected chi connectivity index (χ0v) is 10.0. The average Bonchev–Trinajstić information content (AvgIpc) is 2.48. The summed E-state index contributed by atoms with van der Waals surface area (Å²) in [5.41, 5.74) is 3.23. The van der Waals surface area contributed by atoms with E-state index in [4.69, 9.17) is 5.11 Å². The lowest BCUT2D eigenvalue weighted by atomic mass is 9.85. The molecule has 1 nitrogen and oxygen atoms in total. The van der Waals surface area contributed by atoms with Crippen LogP contribution in [0.5, 0.6) is 0 Å². The Morgan fingerprint density at radius 2 is 2.00 bits per heavy atom. The fourth-order valence-corrected chi connectivity index (χ4v) is 2.52. The van der Waals surface area contributed by atoms with Crippen LogP contribution in [0, 0.1) is 17.8 Å². The maximum Gasteiger partial charge on any atom is 0.0459 e. The van der Waals surface area contributed by atoms with Gasteiger partial charge in [0.2, 0.25) is 0 Å². The van der Waals surface area contributed by atoms with Gasteiger partial charge >= 0.3 is 0 Å². The summed E-state index contributed by atoms with van der Waals surface area (Å²) in [5, 5.41) is 9.08. The number of rotatable bonds is 4. The molecule has 0 heterocycles. The quantitative estimate of drug-likeness (QED) is 0.683. The molecule has 1 heteroatoms. The van der Waals surface area contributed by atoms with Crippen LogP contribution in [0.25, 0.3) is 0 Å². The summed E-state index contributed by atoms with van der Waals surface area (Å²) in [7, 11) is 0. The van der Waals surface area contributed by atoms with Crippen LogP contribution in [-0.4, -0.2) is 11.7 Å². The lowest BCUT2D eigenvalue weighted by molar-refractivity contribution is 0.232. The first-order valence-corrected chi connectivity index (χ1v) is 5.85. The summed E-state index contributed by atoms with van der Waals surface area (Å²) in [4.78, 5) is 0. The van der Waals surface area contributed by atoms with Crippen molar-refractivity contribution in [3.05, 3.63) is 11.1 Å². The smallest absolute Gasteiger partial charge is 0.0459 e. The topological polar surface area (TPSA) is 20.2 Å². The van der Waals surface area contributed by atoms with Gasteiger partial charge in [-0.2, -0.15) is 0 Å². The zero-order valence-electron chi connectivity index (χ0n) is 10.0. The molecule has 0 spiro atoms. The lowest BCUT2D eigenvalue weighted by Crippen LogP contribution is -2.12. The zero-order chi connectivity index (χ0) is 10.7. The van der Waals surface area contributed by atoms with Crippen molar-refractivity contribution in [3.63, 3.8) is 0 Å². The molecular formula is C13H24O. The molecule has 2 unspecified atom stereocenters. The van der Waals surface area contributed by atoms with E-state index in [2.05, 4.69) is 27.7 Å². The molecule has 0 aliphatic heterocycles. The van der Waals surface area contributed by atoms with Gasteiger partial charge in [0.05, 0.1) is 0 Å². The number of aliphatic hydroxyl groups excluding tert-OH is 1. The van der Waals surface area contributed by atoms with Gasteiger partial charge < -0.3 is 5.11 Å². The van der Waals surface area contributed by atoms with Crippen molar-refractivity contribution < 1.29 is 5.11 Å². The Kier molecular flexibility index (Phi) is 4.18. The second kappa shape index (κ2) is 4.97. The second-order valence-corrected chi connectivity index (χ2v) is 5.19. The Balaban J connectivity index is 2.67. The van der Waals surface area contributed by atoms with Crippen LogP contribution in [0.15, 0.2) is 11.1 Å². The van der Waals surface area contributed by atoms with E-state index >= 15 is 0 Å². The van der Waals surface area contributed by atoms with Gasteiger partial charge in [0, 0.05) is 6.61 Å². The third-order valence-electron chi connectivity index (χ3n) is 3.51. The molecule has 14 heavy (non-hydrogen) atoms. The molecule has 0 saturated carbocycles. The monoisotopic (exact) mass is 196 g/mol. The fraction of sp³-hybridized carbons (Fsp3) is 0.846. The summed E-state index contributed by atoms with van der Waals surface area (Å²) in [6.45, 7) is 9.35. The van der Waals surface area contributed by atoms with Crippen LogP contribution in [0.4, 0.5) is 0 Å². The summed E-state index contributed by atoms with van der Waals surface area (Å²) in [6, 6.07) is 0. The molecule has 0 aromatic heterocycles. The normalized spacial score (nSPS) is 24.9. The second-order valence-electron chi connectivity index (χ2n) is 5.19. The van der Waals surface area contributed by atoms with Crippen molar-refractivity contribution in [1.82, 2.24) is 0 Å². The standard InChI is InChI=1S/C13H24O/c1-9(2)12-6-5-11(4)13(12)7-10(3)8-14/h9-10,12,14H,5-8H2,1-4H3. The van der Waals surface area contributed by atoms with Crippen LogP contribution in [0.3, 0.4) is 0 Å². The van der Waals surface area contributed by atoms with Gasteiger partial charge in [0.25, 0.3) is 0 Å². The summed E-state index contributed by atoms with van der Waals surface area (Å²) in [6.07, 6.45) is 3.71. The van der Waals surface area contributed by atoms with E-state index in [-0.39, 0.29) is 0 Å². The number of hydrogen-bond donors (Lipinski definition) is 1. The van der Waals surface area contributed by atoms with Gasteiger partial charge in [-0.25, -0.2) is 0 Å². The van der Waals surface area contributed by atoms with Gasteiger partial charge in [0.15, 0.2) is 0 Å². The van der Waals surface area contributed by atoms with E-state index in [1.165, 1.54) is 12.8 Å². The van der Waals surface area contributed by atoms with Crippen LogP contribution >= 0.6 is 0 Å². The predicted molar refractivity (Wildman–Crippen MR) is 61.1 cm³/mol. The Labute approximate surface area is 88.2 Å². The first-order valence-electron chi connectivity index (χ1n) is 5.85. The molecular weight excluding hydrogens is 172 g/mol. The van der Waals surface area contributed by atoms with Crippen LogP contribution < -0.4 is 0 Å². The highest BCUT2D eigenvalue weighted by Crippen LogP contribution is 2.39. The minimum absolute atomic E-state index is 0.321. The molecule has 2 atom stereocenters. The van der Waals surface area contributed by atoms with Gasteiger partial charge in [-0.1, -0.05) is 31.9 Å². The highest BCUT2D eigenvalue weighted by Gasteiger charge is 2.26. The first kappa shape index (κ1) is 11.8. The third-order valence-corrected chi connectivity index (χ3v) is 3.51. The van der Waals surface area contributed by atoms with E-state index in [1.807, 2.05) is 0 Å². The maximum absolute atomic E-state index is 9.08. The third kappa shape index (κ3) is 2.60. The number of allylic oxidation sites excluding steroid dienone is 2. The highest BCUT2D eigenvalue weighted by molar-refractivity contribution is 5.22. The average molecular weight is 196 g/mol. The van der Waals surface area contributed by atoms with Crippen molar-refractivity contribution in [2.75, 3.05) is 6.61 Å². The van der Waals surface area contributed by atoms with Crippen LogP contribution in [0.1, 0.15) is 47.0 Å². The predicted octanol–water partition coefficient (Wildman–Crippen LogP) is 3.39. The molecule has 1 aliphatic carbocycles. The molecule has 0 fully saturated rings. The largest absolute Gasteiger partial charge is 0.396 e. The summed E-state index contributed by atoms with van der Waals surface area (Å²) < 4.78 is 0. The van der Waals surface area contributed by atoms with Crippen molar-refractivity contribution in [3.8, 4) is 0 Å². The van der Waals surface area contributed by atoms with E-state index in [1.54, 1.807) is 11.1 Å². The molecule has 0 saturated heterocycles. The first-order chi connectivity index (χ1) is 6.56. The van der Waals surface area contributed by atoms with Gasteiger partial charge in [-0.3, -0.25) is 0 Å². The molecule has 82 valence electrons. The summed E-state index contributed by atoms with van der Waals surface area (Å²) >= 11 is 0. The van der Waals surface area contributed by atoms with E-state index < -0.39 is 0 Å². The Morgan fingerprint density at radius 3 is 2.50 bits per heavy atom. The van der Waals surface area contributed by atoms with Crippen molar-refractivity contribution in [2.24, 2.45) is 17.8 Å². The van der Waals surface area contributed by atoms with E-state index in [0.29, 0.717) is 12.5 Å². The fourth-order valence-electron chi connectivity index (χ4n) is 2.52. The molecule has 0 bridgehead atoms. The lowest BCUT2D eigenvalue weighted by Gasteiger charge is -2.21. The van der Waals surface area contributed by atoms with Crippen LogP contribution in [0.2, 0.25) is 0 Å². The number of hydrogen-bond acceptors (Lipinski definition) is 1. The summed E-state index contributed by atoms with van der Waals surface area (Å²) in [5.74, 6) is 1.97. The van der Waals surface area contributed by atoms with E-state index in [9.17, 15) is 0 Å². The van der Waals surface area contributed by atoms with Crippen LogP contribution in [-0.2, 0) is 0 Å². The number of aliphatic hydroxyl groups is 1. The van der Waals surface area contributed by atoms with Crippen molar-refractivity contribution >= 4 is 0 Å². The minimum Gasteiger partial charge on any atom is -0.396 e. The SMILES string of the molecule is CC1=C(CC(C)CO)C(C(C)C)CC1. The Bertz CT molecular complexity index is 215. The molecule has 0 amide bonds. The van der Waals surface area contributed by atoms with Gasteiger partial charge in [0.1, 0.15) is 0 Å². The van der Waals surface area contributed by atoms with Gasteiger partial charge in [-0.15, -0.1) is 0 Å².